The molecule has 0 aromatic heterocycles. The van der Waals surface area contributed by atoms with E-state index in [1.165, 1.54) is 51.5 Å². The Hall–Kier alpha value is -0.120. The summed E-state index contributed by atoms with van der Waals surface area (Å²) in [6.45, 7) is 2.09. The van der Waals surface area contributed by atoms with Crippen LogP contribution in [0.25, 0.3) is 0 Å². The first kappa shape index (κ1) is 13.3. The third kappa shape index (κ3) is 5.36. The van der Waals surface area contributed by atoms with Gasteiger partial charge in [0.2, 0.25) is 0 Å². The summed E-state index contributed by atoms with van der Waals surface area (Å²) in [5, 5.41) is 3.54. The average Bonchev–Trinajstić information content (AvgIpc) is 3.18. The highest BCUT2D eigenvalue weighted by Crippen LogP contribution is 2.23. The van der Waals surface area contributed by atoms with E-state index in [4.69, 9.17) is 9.47 Å². The van der Waals surface area contributed by atoms with E-state index in [9.17, 15) is 0 Å². The minimum absolute atomic E-state index is 0.435. The highest BCUT2D eigenvalue weighted by Gasteiger charge is 2.22. The summed E-state index contributed by atoms with van der Waals surface area (Å²) in [6.07, 6.45) is 10.9. The van der Waals surface area contributed by atoms with Crippen LogP contribution in [0.1, 0.15) is 51.4 Å². The molecule has 2 aliphatic carbocycles. The molecule has 0 amide bonds. The Labute approximate surface area is 105 Å². The van der Waals surface area contributed by atoms with Crippen molar-refractivity contribution in [3.05, 3.63) is 0 Å². The molecule has 2 atom stereocenters. The van der Waals surface area contributed by atoms with E-state index >= 15 is 0 Å². The first-order valence-corrected chi connectivity index (χ1v) is 7.26. The highest BCUT2D eigenvalue weighted by atomic mass is 16.5. The second-order valence-corrected chi connectivity index (χ2v) is 5.45. The van der Waals surface area contributed by atoms with Crippen LogP contribution in [0.2, 0.25) is 0 Å². The second kappa shape index (κ2) is 7.34. The predicted octanol–water partition coefficient (Wildman–Crippen LogP) is 2.49. The topological polar surface area (TPSA) is 30.5 Å². The lowest BCUT2D eigenvalue weighted by Gasteiger charge is -2.28. The van der Waals surface area contributed by atoms with Crippen molar-refractivity contribution in [3.63, 3.8) is 0 Å². The van der Waals surface area contributed by atoms with Gasteiger partial charge in [-0.1, -0.05) is 0 Å². The van der Waals surface area contributed by atoms with Crippen molar-refractivity contribution >= 4 is 0 Å². The normalized spacial score (nSPS) is 29.5. The molecule has 0 aromatic carbocycles. The van der Waals surface area contributed by atoms with Gasteiger partial charge < -0.3 is 14.8 Å². The number of hydrogen-bond acceptors (Lipinski definition) is 3. The van der Waals surface area contributed by atoms with Crippen molar-refractivity contribution in [3.8, 4) is 0 Å². The standard InChI is InChI=1S/C14H27NO2/c1-16-13-5-4-6-14(11-13)17-10-3-2-9-15-12-7-8-12/h12-15H,2-11H2,1H3. The fourth-order valence-corrected chi connectivity index (χ4v) is 2.54. The maximum Gasteiger partial charge on any atom is 0.0599 e. The van der Waals surface area contributed by atoms with Crippen LogP contribution in [0.5, 0.6) is 0 Å². The van der Waals surface area contributed by atoms with Crippen molar-refractivity contribution in [2.45, 2.75) is 69.6 Å². The Balaban J connectivity index is 1.43. The number of methoxy groups -OCH3 is 1. The van der Waals surface area contributed by atoms with Gasteiger partial charge in [-0.3, -0.25) is 0 Å². The molecular formula is C14H27NO2. The molecule has 3 nitrogen and oxygen atoms in total. The molecule has 2 saturated carbocycles. The van der Waals surface area contributed by atoms with E-state index in [1.807, 2.05) is 7.11 Å². The summed E-state index contributed by atoms with van der Waals surface area (Å²) >= 11 is 0. The minimum atomic E-state index is 0.435. The molecule has 0 aromatic rings. The van der Waals surface area contributed by atoms with Gasteiger partial charge in [-0.25, -0.2) is 0 Å². The molecule has 2 fully saturated rings. The first-order chi connectivity index (χ1) is 8.38. The summed E-state index contributed by atoms with van der Waals surface area (Å²) in [5.74, 6) is 0. The van der Waals surface area contributed by atoms with Crippen LogP contribution in [0.15, 0.2) is 0 Å². The van der Waals surface area contributed by atoms with Gasteiger partial charge >= 0.3 is 0 Å². The lowest BCUT2D eigenvalue weighted by Crippen LogP contribution is -2.27. The molecule has 2 rings (SSSR count). The van der Waals surface area contributed by atoms with Gasteiger partial charge in [-0.05, 0) is 57.9 Å². The molecule has 1 N–H and O–H groups in total. The zero-order valence-corrected chi connectivity index (χ0v) is 11.1. The summed E-state index contributed by atoms with van der Waals surface area (Å²) in [5.41, 5.74) is 0. The summed E-state index contributed by atoms with van der Waals surface area (Å²) < 4.78 is 11.3. The Kier molecular flexibility index (Phi) is 5.75. The van der Waals surface area contributed by atoms with Crippen LogP contribution in [-0.4, -0.2) is 38.5 Å². The predicted molar refractivity (Wildman–Crippen MR) is 69.3 cm³/mol. The van der Waals surface area contributed by atoms with Gasteiger partial charge in [0.05, 0.1) is 12.2 Å². The van der Waals surface area contributed by atoms with Gasteiger partial charge in [-0.2, -0.15) is 0 Å². The Morgan fingerprint density at radius 3 is 2.65 bits per heavy atom. The lowest BCUT2D eigenvalue weighted by atomic mass is 9.95. The number of ether oxygens (including phenoxy) is 2. The van der Waals surface area contributed by atoms with Crippen molar-refractivity contribution < 1.29 is 9.47 Å². The summed E-state index contributed by atoms with van der Waals surface area (Å²) in [6, 6.07) is 0.844. The van der Waals surface area contributed by atoms with Crippen LogP contribution >= 0.6 is 0 Å². The van der Waals surface area contributed by atoms with E-state index in [-0.39, 0.29) is 0 Å². The lowest BCUT2D eigenvalue weighted by molar-refractivity contribution is -0.0302. The van der Waals surface area contributed by atoms with Crippen LogP contribution in [0, 0.1) is 0 Å². The summed E-state index contributed by atoms with van der Waals surface area (Å²) in [7, 11) is 1.82. The monoisotopic (exact) mass is 241 g/mol. The molecule has 2 aliphatic rings. The van der Waals surface area contributed by atoms with E-state index in [0.29, 0.717) is 12.2 Å². The number of unbranched alkanes of at least 4 members (excludes halogenated alkanes) is 1. The number of hydrogen-bond donors (Lipinski definition) is 1. The number of nitrogens with one attached hydrogen (secondary N) is 1. The maximum atomic E-state index is 5.93. The third-order valence-corrected chi connectivity index (χ3v) is 3.85. The molecule has 2 unspecified atom stereocenters. The fourth-order valence-electron chi connectivity index (χ4n) is 2.54. The van der Waals surface area contributed by atoms with Crippen molar-refractivity contribution in [2.75, 3.05) is 20.3 Å². The van der Waals surface area contributed by atoms with Gasteiger partial charge in [-0.15, -0.1) is 0 Å². The van der Waals surface area contributed by atoms with Gasteiger partial charge in [0.1, 0.15) is 0 Å². The van der Waals surface area contributed by atoms with Gasteiger partial charge in [0.15, 0.2) is 0 Å². The highest BCUT2D eigenvalue weighted by molar-refractivity contribution is 4.80. The largest absolute Gasteiger partial charge is 0.381 e. The minimum Gasteiger partial charge on any atom is -0.381 e. The number of rotatable bonds is 8. The fraction of sp³-hybridized carbons (Fsp3) is 1.00. The van der Waals surface area contributed by atoms with Crippen LogP contribution in [0.4, 0.5) is 0 Å². The van der Waals surface area contributed by atoms with Crippen LogP contribution in [-0.2, 0) is 9.47 Å². The van der Waals surface area contributed by atoms with E-state index in [0.717, 1.165) is 19.1 Å². The molecule has 0 spiro atoms. The Morgan fingerprint density at radius 2 is 1.88 bits per heavy atom. The third-order valence-electron chi connectivity index (χ3n) is 3.85. The van der Waals surface area contributed by atoms with E-state index < -0.39 is 0 Å². The molecule has 100 valence electrons. The van der Waals surface area contributed by atoms with Crippen LogP contribution < -0.4 is 5.32 Å². The summed E-state index contributed by atoms with van der Waals surface area (Å²) in [4.78, 5) is 0. The zero-order valence-electron chi connectivity index (χ0n) is 11.1. The molecule has 0 saturated heterocycles. The second-order valence-electron chi connectivity index (χ2n) is 5.45. The Bertz CT molecular complexity index is 206. The van der Waals surface area contributed by atoms with E-state index in [1.54, 1.807) is 0 Å². The maximum absolute atomic E-state index is 5.93. The molecule has 17 heavy (non-hydrogen) atoms. The van der Waals surface area contributed by atoms with Gasteiger partial charge in [0, 0.05) is 19.8 Å². The molecule has 0 bridgehead atoms. The molecular weight excluding hydrogens is 214 g/mol. The molecule has 3 heteroatoms. The van der Waals surface area contributed by atoms with Crippen molar-refractivity contribution in [1.29, 1.82) is 0 Å². The van der Waals surface area contributed by atoms with E-state index in [2.05, 4.69) is 5.32 Å². The average molecular weight is 241 g/mol. The quantitative estimate of drug-likeness (QED) is 0.662. The smallest absolute Gasteiger partial charge is 0.0599 e. The first-order valence-electron chi connectivity index (χ1n) is 7.26. The Morgan fingerprint density at radius 1 is 1.06 bits per heavy atom. The molecule has 0 heterocycles. The zero-order chi connectivity index (χ0) is 11.9. The molecule has 0 aliphatic heterocycles. The SMILES string of the molecule is COC1CCCC(OCCCCNC2CC2)C1. The molecule has 0 radical (unpaired) electrons. The van der Waals surface area contributed by atoms with Crippen LogP contribution in [0.3, 0.4) is 0 Å². The van der Waals surface area contributed by atoms with Gasteiger partial charge in [0.25, 0.3) is 0 Å². The van der Waals surface area contributed by atoms with Crippen molar-refractivity contribution in [2.24, 2.45) is 0 Å². The van der Waals surface area contributed by atoms with Crippen molar-refractivity contribution in [1.82, 2.24) is 5.32 Å².